The maximum Gasteiger partial charge on any atom is 0.335 e. The summed E-state index contributed by atoms with van der Waals surface area (Å²) in [6, 6.07) is 16.9. The van der Waals surface area contributed by atoms with E-state index in [4.69, 9.17) is 20.0 Å². The van der Waals surface area contributed by atoms with Gasteiger partial charge < -0.3 is 24.3 Å². The van der Waals surface area contributed by atoms with Gasteiger partial charge in [-0.2, -0.15) is 0 Å². The number of carbonyl (C=O) groups excluding carboxylic acids is 1. The van der Waals surface area contributed by atoms with Crippen molar-refractivity contribution in [3.63, 3.8) is 0 Å². The van der Waals surface area contributed by atoms with Crippen LogP contribution in [0.4, 0.5) is 10.1 Å². The van der Waals surface area contributed by atoms with Gasteiger partial charge in [-0.3, -0.25) is 4.79 Å². The molecule has 0 bridgehead atoms. The molecule has 5 rings (SSSR count). The molecular weight excluding hydrogens is 543 g/mol. The van der Waals surface area contributed by atoms with Gasteiger partial charge in [0, 0.05) is 29.9 Å². The van der Waals surface area contributed by atoms with Crippen molar-refractivity contribution >= 4 is 40.5 Å². The van der Waals surface area contributed by atoms with E-state index in [1.807, 2.05) is 30.5 Å². The van der Waals surface area contributed by atoms with Gasteiger partial charge in [-0.25, -0.2) is 9.18 Å². The number of anilines is 1. The molecule has 41 heavy (non-hydrogen) atoms. The van der Waals surface area contributed by atoms with E-state index in [0.717, 1.165) is 48.9 Å². The number of carboxylic acid groups (broad SMARTS) is 1. The SMILES string of the molecule is CSN(CCOCCCCc1ccc(C(=O)O)cc1)c1cc2oc(-c3ccc(F)cc3)c(C(N)=O)c2cc1C1CC1. The molecule has 0 saturated heterocycles. The van der Waals surface area contributed by atoms with Crippen molar-refractivity contribution in [2.45, 2.75) is 38.0 Å². The molecule has 9 heteroatoms. The standard InChI is InChI=1S/C32H33FN2O5S/c1-41-35(15-17-39-16-3-2-4-20-5-7-23(8-6-20)32(37)38)27-19-28-26(18-25(27)21-9-10-21)29(31(34)36)30(40-28)22-11-13-24(33)14-12-22/h5-8,11-14,18-19,21H,2-4,9-10,15-17H2,1H3,(H2,34,36)(H,37,38). The highest BCUT2D eigenvalue weighted by Crippen LogP contribution is 2.48. The highest BCUT2D eigenvalue weighted by Gasteiger charge is 2.31. The zero-order valence-electron chi connectivity index (χ0n) is 22.9. The van der Waals surface area contributed by atoms with Crippen LogP contribution in [0.15, 0.2) is 65.1 Å². The summed E-state index contributed by atoms with van der Waals surface area (Å²) in [6.45, 7) is 1.88. The predicted octanol–water partition coefficient (Wildman–Crippen LogP) is 7.04. The first kappa shape index (κ1) is 28.7. The molecule has 3 aromatic carbocycles. The van der Waals surface area contributed by atoms with E-state index in [1.165, 1.54) is 12.1 Å². The molecule has 0 radical (unpaired) electrons. The average Bonchev–Trinajstić information content (AvgIpc) is 3.74. The molecule has 0 atom stereocenters. The molecule has 0 unspecified atom stereocenters. The normalized spacial score (nSPS) is 13.0. The van der Waals surface area contributed by atoms with Gasteiger partial charge in [0.1, 0.15) is 17.2 Å². The summed E-state index contributed by atoms with van der Waals surface area (Å²) in [7, 11) is 0. The van der Waals surface area contributed by atoms with Gasteiger partial charge in [-0.15, -0.1) is 0 Å². The zero-order chi connectivity index (χ0) is 28.9. The van der Waals surface area contributed by atoms with Gasteiger partial charge in [0.2, 0.25) is 0 Å². The molecule has 1 aromatic heterocycles. The number of ether oxygens (including phenoxy) is 1. The lowest BCUT2D eigenvalue weighted by Crippen LogP contribution is -2.21. The number of halogens is 1. The third-order valence-electron chi connectivity index (χ3n) is 7.34. The van der Waals surface area contributed by atoms with Crippen molar-refractivity contribution in [1.29, 1.82) is 0 Å². The van der Waals surface area contributed by atoms with Crippen LogP contribution >= 0.6 is 11.9 Å². The molecule has 1 aliphatic carbocycles. The smallest absolute Gasteiger partial charge is 0.335 e. The number of aryl methyl sites for hydroxylation is 1. The molecule has 0 spiro atoms. The molecule has 4 aromatic rings. The minimum Gasteiger partial charge on any atom is -0.478 e. The van der Waals surface area contributed by atoms with E-state index < -0.39 is 11.9 Å². The summed E-state index contributed by atoms with van der Waals surface area (Å²) in [5.74, 6) is -1.09. The van der Waals surface area contributed by atoms with Crippen molar-refractivity contribution in [3.05, 3.63) is 88.7 Å². The molecule has 1 aliphatic rings. The molecule has 1 fully saturated rings. The van der Waals surface area contributed by atoms with E-state index in [-0.39, 0.29) is 5.82 Å². The molecule has 214 valence electrons. The monoisotopic (exact) mass is 576 g/mol. The Morgan fingerprint density at radius 1 is 1.07 bits per heavy atom. The number of hydrogen-bond acceptors (Lipinski definition) is 6. The van der Waals surface area contributed by atoms with Crippen LogP contribution in [0.25, 0.3) is 22.3 Å². The van der Waals surface area contributed by atoms with Crippen LogP contribution in [0.5, 0.6) is 0 Å². The largest absolute Gasteiger partial charge is 0.478 e. The van der Waals surface area contributed by atoms with E-state index in [2.05, 4.69) is 4.31 Å². The number of unbranched alkanes of at least 4 members (excludes halogenated alkanes) is 1. The first-order chi connectivity index (χ1) is 19.9. The summed E-state index contributed by atoms with van der Waals surface area (Å²) in [4.78, 5) is 23.5. The molecule has 1 heterocycles. The van der Waals surface area contributed by atoms with Crippen LogP contribution in [0, 0.1) is 5.82 Å². The Hall–Kier alpha value is -3.82. The number of furan rings is 1. The van der Waals surface area contributed by atoms with E-state index in [0.29, 0.717) is 59.1 Å². The molecule has 3 N–H and O–H groups in total. The summed E-state index contributed by atoms with van der Waals surface area (Å²) in [5.41, 5.74) is 10.9. The Bertz CT molecular complexity index is 1530. The minimum atomic E-state index is -0.914. The molecule has 7 nitrogen and oxygen atoms in total. The van der Waals surface area contributed by atoms with Crippen LogP contribution < -0.4 is 10.0 Å². The number of amides is 1. The fraction of sp³-hybridized carbons (Fsp3) is 0.312. The molecular formula is C32H33FN2O5S. The number of primary amides is 1. The first-order valence-electron chi connectivity index (χ1n) is 13.7. The van der Waals surface area contributed by atoms with Gasteiger partial charge in [0.05, 0.1) is 30.0 Å². The molecule has 0 aliphatic heterocycles. The maximum absolute atomic E-state index is 13.5. The van der Waals surface area contributed by atoms with Gasteiger partial charge in [0.15, 0.2) is 0 Å². The number of fused-ring (bicyclic) bond motifs is 1. The zero-order valence-corrected chi connectivity index (χ0v) is 23.7. The lowest BCUT2D eigenvalue weighted by atomic mass is 10.0. The Balaban J connectivity index is 1.24. The minimum absolute atomic E-state index is 0.299. The maximum atomic E-state index is 13.5. The Morgan fingerprint density at radius 2 is 1.80 bits per heavy atom. The second-order valence-electron chi connectivity index (χ2n) is 10.2. The van der Waals surface area contributed by atoms with Gasteiger partial charge in [0.25, 0.3) is 5.91 Å². The number of benzene rings is 3. The lowest BCUT2D eigenvalue weighted by molar-refractivity contribution is 0.0696. The number of nitrogens with zero attached hydrogens (tertiary/aromatic N) is 1. The van der Waals surface area contributed by atoms with Gasteiger partial charge >= 0.3 is 5.97 Å². The highest BCUT2D eigenvalue weighted by atomic mass is 32.2. The fourth-order valence-electron chi connectivity index (χ4n) is 5.04. The van der Waals surface area contributed by atoms with Crippen LogP contribution in [-0.4, -0.2) is 43.0 Å². The summed E-state index contributed by atoms with van der Waals surface area (Å²) < 4.78 is 27.9. The summed E-state index contributed by atoms with van der Waals surface area (Å²) >= 11 is 1.61. The lowest BCUT2D eigenvalue weighted by Gasteiger charge is -2.24. The number of aromatic carboxylic acids is 1. The topological polar surface area (TPSA) is 106 Å². The van der Waals surface area contributed by atoms with Crippen molar-refractivity contribution in [3.8, 4) is 11.3 Å². The van der Waals surface area contributed by atoms with Gasteiger partial charge in [-0.1, -0.05) is 24.1 Å². The summed E-state index contributed by atoms with van der Waals surface area (Å²) in [5, 5.41) is 9.70. The van der Waals surface area contributed by atoms with Gasteiger partial charge in [-0.05, 0) is 91.6 Å². The number of carboxylic acids is 1. The van der Waals surface area contributed by atoms with Crippen LogP contribution in [0.3, 0.4) is 0 Å². The van der Waals surface area contributed by atoms with E-state index >= 15 is 0 Å². The number of hydrogen-bond donors (Lipinski definition) is 2. The molecule has 1 saturated carbocycles. The predicted molar refractivity (Wildman–Crippen MR) is 160 cm³/mol. The average molecular weight is 577 g/mol. The second-order valence-corrected chi connectivity index (χ2v) is 11.0. The van der Waals surface area contributed by atoms with Crippen LogP contribution in [-0.2, 0) is 11.2 Å². The second kappa shape index (κ2) is 12.8. The Kier molecular flexibility index (Phi) is 8.95. The Labute approximate surface area is 242 Å². The van der Waals surface area contributed by atoms with Crippen molar-refractivity contribution in [1.82, 2.24) is 0 Å². The third kappa shape index (κ3) is 6.74. The number of nitrogens with two attached hydrogens (primary N) is 1. The first-order valence-corrected chi connectivity index (χ1v) is 14.9. The Morgan fingerprint density at radius 3 is 2.44 bits per heavy atom. The van der Waals surface area contributed by atoms with Crippen LogP contribution in [0.2, 0.25) is 0 Å². The van der Waals surface area contributed by atoms with Crippen LogP contribution in [0.1, 0.15) is 63.4 Å². The quantitative estimate of drug-likeness (QED) is 0.123. The van der Waals surface area contributed by atoms with Crippen molar-refractivity contribution in [2.24, 2.45) is 5.73 Å². The molecule has 1 amide bonds. The van der Waals surface area contributed by atoms with Crippen molar-refractivity contribution < 1.29 is 28.2 Å². The van der Waals surface area contributed by atoms with E-state index in [9.17, 15) is 14.0 Å². The van der Waals surface area contributed by atoms with E-state index in [1.54, 1.807) is 36.2 Å². The van der Waals surface area contributed by atoms with Crippen molar-refractivity contribution in [2.75, 3.05) is 30.3 Å². The number of rotatable bonds is 14. The third-order valence-corrected chi connectivity index (χ3v) is 8.16. The number of carbonyl (C=O) groups is 2. The summed E-state index contributed by atoms with van der Waals surface area (Å²) in [6.07, 6.45) is 6.94. The highest BCUT2D eigenvalue weighted by molar-refractivity contribution is 7.99. The fourth-order valence-corrected chi connectivity index (χ4v) is 5.65.